The lowest BCUT2D eigenvalue weighted by atomic mass is 9.96. The minimum Gasteiger partial charge on any atom is -0.362 e. The van der Waals surface area contributed by atoms with Gasteiger partial charge >= 0.3 is 0 Å². The van der Waals surface area contributed by atoms with Crippen molar-refractivity contribution in [2.75, 3.05) is 6.61 Å². The molecule has 1 heterocycles. The van der Waals surface area contributed by atoms with Gasteiger partial charge in [-0.2, -0.15) is 4.98 Å². The van der Waals surface area contributed by atoms with E-state index in [4.69, 9.17) is 20.9 Å². The van der Waals surface area contributed by atoms with E-state index in [1.807, 2.05) is 38.1 Å². The molecule has 6 nitrogen and oxygen atoms in total. The molecular weight excluding hydrogens is 318 g/mol. The van der Waals surface area contributed by atoms with Gasteiger partial charge in [-0.15, -0.1) is 0 Å². The molecule has 1 aromatic carbocycles. The first kappa shape index (κ1) is 17.4. The van der Waals surface area contributed by atoms with Crippen molar-refractivity contribution in [2.24, 2.45) is 5.92 Å². The van der Waals surface area contributed by atoms with Gasteiger partial charge in [0.25, 0.3) is 5.89 Å². The second-order valence-electron chi connectivity index (χ2n) is 5.57. The number of aryl methyl sites for hydroxylation is 1. The minimum absolute atomic E-state index is 0.0712. The van der Waals surface area contributed by atoms with Gasteiger partial charge in [0.2, 0.25) is 5.91 Å². The van der Waals surface area contributed by atoms with E-state index in [0.717, 1.165) is 5.56 Å². The molecule has 0 aliphatic heterocycles. The lowest BCUT2D eigenvalue weighted by Crippen LogP contribution is -2.34. The molecule has 0 aliphatic carbocycles. The van der Waals surface area contributed by atoms with Crippen molar-refractivity contribution in [3.05, 3.63) is 46.6 Å². The van der Waals surface area contributed by atoms with E-state index >= 15 is 0 Å². The molecule has 0 spiro atoms. The summed E-state index contributed by atoms with van der Waals surface area (Å²) in [5.74, 6) is 0.928. The Balaban J connectivity index is 1.86. The Morgan fingerprint density at radius 2 is 2.04 bits per heavy atom. The molecule has 1 atom stereocenters. The SMILES string of the molecule is Cc1noc(COCC(=O)NC(c2ccc(Cl)cc2)C(C)C)n1. The van der Waals surface area contributed by atoms with Crippen LogP contribution in [-0.4, -0.2) is 22.7 Å². The number of nitrogens with zero attached hydrogens (tertiary/aromatic N) is 2. The lowest BCUT2D eigenvalue weighted by Gasteiger charge is -2.23. The quantitative estimate of drug-likeness (QED) is 0.840. The lowest BCUT2D eigenvalue weighted by molar-refractivity contribution is -0.127. The molecular formula is C16H20ClN3O3. The zero-order valence-corrected chi connectivity index (χ0v) is 14.1. The van der Waals surface area contributed by atoms with Crippen LogP contribution in [-0.2, 0) is 16.1 Å². The van der Waals surface area contributed by atoms with Crippen LogP contribution in [0.2, 0.25) is 5.02 Å². The summed E-state index contributed by atoms with van der Waals surface area (Å²) in [6, 6.07) is 7.35. The predicted molar refractivity (Wildman–Crippen MR) is 85.9 cm³/mol. The van der Waals surface area contributed by atoms with E-state index in [9.17, 15) is 4.79 Å². The van der Waals surface area contributed by atoms with Gasteiger partial charge in [0.05, 0.1) is 6.04 Å². The zero-order chi connectivity index (χ0) is 16.8. The summed E-state index contributed by atoms with van der Waals surface area (Å²) in [4.78, 5) is 16.1. The second kappa shape index (κ2) is 8.08. The maximum Gasteiger partial charge on any atom is 0.252 e. The van der Waals surface area contributed by atoms with Crippen molar-refractivity contribution in [3.8, 4) is 0 Å². The summed E-state index contributed by atoms with van der Waals surface area (Å²) in [7, 11) is 0. The standard InChI is InChI=1S/C16H20ClN3O3/c1-10(2)16(12-4-6-13(17)7-5-12)19-14(21)8-22-9-15-18-11(3)20-23-15/h4-7,10,16H,8-9H2,1-3H3,(H,19,21). The third kappa shape index (κ3) is 5.33. The molecule has 7 heteroatoms. The summed E-state index contributed by atoms with van der Waals surface area (Å²) in [5, 5.41) is 7.29. The molecule has 0 aliphatic rings. The first-order chi connectivity index (χ1) is 11.0. The molecule has 1 N–H and O–H groups in total. The van der Waals surface area contributed by atoms with Gasteiger partial charge in [0.15, 0.2) is 5.82 Å². The van der Waals surface area contributed by atoms with Crippen LogP contribution < -0.4 is 5.32 Å². The van der Waals surface area contributed by atoms with Gasteiger partial charge in [0.1, 0.15) is 13.2 Å². The Labute approximate surface area is 140 Å². The van der Waals surface area contributed by atoms with Gasteiger partial charge in [0, 0.05) is 5.02 Å². The maximum absolute atomic E-state index is 12.1. The number of ether oxygens (including phenoxy) is 1. The summed E-state index contributed by atoms with van der Waals surface area (Å²) in [5.41, 5.74) is 1.00. The number of carbonyl (C=O) groups excluding carboxylic acids is 1. The zero-order valence-electron chi connectivity index (χ0n) is 13.4. The molecule has 2 aromatic rings. The first-order valence-electron chi connectivity index (χ1n) is 7.37. The number of aromatic nitrogens is 2. The predicted octanol–water partition coefficient (Wildman–Crippen LogP) is 3.06. The Hall–Kier alpha value is -1.92. The number of amides is 1. The monoisotopic (exact) mass is 337 g/mol. The van der Waals surface area contributed by atoms with Gasteiger partial charge in [-0.25, -0.2) is 0 Å². The van der Waals surface area contributed by atoms with Gasteiger partial charge < -0.3 is 14.6 Å². The molecule has 0 saturated carbocycles. The first-order valence-corrected chi connectivity index (χ1v) is 7.75. The van der Waals surface area contributed by atoms with Crippen molar-refractivity contribution < 1.29 is 14.1 Å². The highest BCUT2D eigenvalue weighted by Crippen LogP contribution is 2.23. The van der Waals surface area contributed by atoms with Crippen LogP contribution in [0.15, 0.2) is 28.8 Å². The minimum atomic E-state index is -0.199. The average molecular weight is 338 g/mol. The number of hydrogen-bond acceptors (Lipinski definition) is 5. The fraction of sp³-hybridized carbons (Fsp3) is 0.438. The summed E-state index contributed by atoms with van der Waals surface area (Å²) in [6.45, 7) is 5.85. The van der Waals surface area contributed by atoms with Crippen LogP contribution in [0, 0.1) is 12.8 Å². The molecule has 2 rings (SSSR count). The third-order valence-corrected chi connectivity index (χ3v) is 3.49. The van der Waals surface area contributed by atoms with Crippen LogP contribution in [0.3, 0.4) is 0 Å². The summed E-state index contributed by atoms with van der Waals surface area (Å²) in [6.07, 6.45) is 0. The van der Waals surface area contributed by atoms with Crippen molar-refractivity contribution >= 4 is 17.5 Å². The fourth-order valence-corrected chi connectivity index (χ4v) is 2.28. The van der Waals surface area contributed by atoms with Crippen LogP contribution in [0.4, 0.5) is 0 Å². The van der Waals surface area contributed by atoms with E-state index in [0.29, 0.717) is 16.7 Å². The Morgan fingerprint density at radius 1 is 1.35 bits per heavy atom. The van der Waals surface area contributed by atoms with E-state index < -0.39 is 0 Å². The number of carbonyl (C=O) groups is 1. The van der Waals surface area contributed by atoms with E-state index in [1.165, 1.54) is 0 Å². The number of benzene rings is 1. The van der Waals surface area contributed by atoms with Crippen molar-refractivity contribution in [1.82, 2.24) is 15.5 Å². The molecule has 1 unspecified atom stereocenters. The summed E-state index contributed by atoms with van der Waals surface area (Å²) < 4.78 is 10.2. The van der Waals surface area contributed by atoms with E-state index in [-0.39, 0.29) is 31.1 Å². The highest BCUT2D eigenvalue weighted by atomic mass is 35.5. The highest BCUT2D eigenvalue weighted by Gasteiger charge is 2.18. The number of nitrogens with one attached hydrogen (secondary N) is 1. The van der Waals surface area contributed by atoms with Crippen molar-refractivity contribution in [2.45, 2.75) is 33.4 Å². The van der Waals surface area contributed by atoms with Crippen LogP contribution in [0.25, 0.3) is 0 Å². The number of hydrogen-bond donors (Lipinski definition) is 1. The molecule has 0 radical (unpaired) electrons. The van der Waals surface area contributed by atoms with E-state index in [2.05, 4.69) is 15.5 Å². The Kier molecular flexibility index (Phi) is 6.12. The second-order valence-corrected chi connectivity index (χ2v) is 6.01. The van der Waals surface area contributed by atoms with Crippen LogP contribution >= 0.6 is 11.6 Å². The number of rotatable bonds is 7. The van der Waals surface area contributed by atoms with Crippen LogP contribution in [0.5, 0.6) is 0 Å². The largest absolute Gasteiger partial charge is 0.362 e. The van der Waals surface area contributed by atoms with Crippen LogP contribution in [0.1, 0.15) is 37.2 Å². The third-order valence-electron chi connectivity index (χ3n) is 3.24. The number of halogens is 1. The molecule has 23 heavy (non-hydrogen) atoms. The highest BCUT2D eigenvalue weighted by molar-refractivity contribution is 6.30. The normalized spacial score (nSPS) is 12.4. The van der Waals surface area contributed by atoms with Gasteiger partial charge in [-0.3, -0.25) is 4.79 Å². The smallest absolute Gasteiger partial charge is 0.252 e. The molecule has 1 amide bonds. The van der Waals surface area contributed by atoms with Gasteiger partial charge in [-0.1, -0.05) is 42.7 Å². The molecule has 0 fully saturated rings. The van der Waals surface area contributed by atoms with E-state index in [1.54, 1.807) is 6.92 Å². The summed E-state index contributed by atoms with van der Waals surface area (Å²) >= 11 is 5.90. The average Bonchev–Trinajstić information content (AvgIpc) is 2.91. The topological polar surface area (TPSA) is 77.2 Å². The molecule has 1 aromatic heterocycles. The van der Waals surface area contributed by atoms with Crippen molar-refractivity contribution in [1.29, 1.82) is 0 Å². The fourth-order valence-electron chi connectivity index (χ4n) is 2.15. The van der Waals surface area contributed by atoms with Gasteiger partial charge in [-0.05, 0) is 30.5 Å². The Bertz CT molecular complexity index is 640. The maximum atomic E-state index is 12.1. The van der Waals surface area contributed by atoms with Crippen molar-refractivity contribution in [3.63, 3.8) is 0 Å². The molecule has 0 bridgehead atoms. The molecule has 124 valence electrons. The Morgan fingerprint density at radius 3 is 2.61 bits per heavy atom. The molecule has 0 saturated heterocycles.